The normalized spacial score (nSPS) is 18.0. The van der Waals surface area contributed by atoms with E-state index >= 15 is 0 Å². The maximum atomic E-state index is 10.8. The van der Waals surface area contributed by atoms with Gasteiger partial charge in [0.05, 0.1) is 4.92 Å². The van der Waals surface area contributed by atoms with Gasteiger partial charge in [0.2, 0.25) is 0 Å². The molecule has 1 atom stereocenters. The number of aryl methyl sites for hydroxylation is 1. The van der Waals surface area contributed by atoms with Crippen LogP contribution in [0.3, 0.4) is 0 Å². The van der Waals surface area contributed by atoms with E-state index in [1.165, 1.54) is 0 Å². The lowest BCUT2D eigenvalue weighted by Gasteiger charge is -2.29. The molecule has 1 aliphatic heterocycles. The monoisotopic (exact) mass is 264 g/mol. The Morgan fingerprint density at radius 1 is 1.42 bits per heavy atom. The van der Waals surface area contributed by atoms with Crippen molar-refractivity contribution in [2.75, 3.05) is 18.5 Å². The van der Waals surface area contributed by atoms with E-state index in [2.05, 4.69) is 12.2 Å². The summed E-state index contributed by atoms with van der Waals surface area (Å²) in [7, 11) is 0. The first-order chi connectivity index (χ1) is 9.08. The van der Waals surface area contributed by atoms with Crippen LogP contribution < -0.4 is 5.32 Å². The fraction of sp³-hybridized carbons (Fsp3) is 0.571. The Hall–Kier alpha value is -1.62. The second-order valence-corrected chi connectivity index (χ2v) is 5.14. The summed E-state index contributed by atoms with van der Waals surface area (Å²) in [6.45, 7) is 5.71. The van der Waals surface area contributed by atoms with Crippen LogP contribution >= 0.6 is 0 Å². The molecule has 0 radical (unpaired) electrons. The highest BCUT2D eigenvalue weighted by atomic mass is 16.6. The van der Waals surface area contributed by atoms with Crippen molar-refractivity contribution in [1.29, 1.82) is 0 Å². The van der Waals surface area contributed by atoms with Gasteiger partial charge in [-0.3, -0.25) is 10.1 Å². The smallest absolute Gasteiger partial charge is 0.271 e. The number of anilines is 1. The maximum absolute atomic E-state index is 10.8. The zero-order valence-electron chi connectivity index (χ0n) is 11.4. The highest BCUT2D eigenvalue weighted by Gasteiger charge is 2.21. The van der Waals surface area contributed by atoms with Gasteiger partial charge in [-0.2, -0.15) is 0 Å². The molecule has 0 spiro atoms. The highest BCUT2D eigenvalue weighted by molar-refractivity contribution is 5.57. The van der Waals surface area contributed by atoms with E-state index in [9.17, 15) is 10.1 Å². The lowest BCUT2D eigenvalue weighted by atomic mass is 9.92. The molecule has 19 heavy (non-hydrogen) atoms. The van der Waals surface area contributed by atoms with Gasteiger partial charge in [0, 0.05) is 37.1 Å². The quantitative estimate of drug-likeness (QED) is 0.670. The fourth-order valence-electron chi connectivity index (χ4n) is 2.46. The molecule has 1 saturated heterocycles. The second-order valence-electron chi connectivity index (χ2n) is 5.14. The van der Waals surface area contributed by atoms with Crippen LogP contribution in [-0.4, -0.2) is 24.2 Å². The number of benzene rings is 1. The Morgan fingerprint density at radius 3 is 2.74 bits per heavy atom. The summed E-state index contributed by atoms with van der Waals surface area (Å²) in [6.07, 6.45) is 2.09. The molecule has 0 aliphatic carbocycles. The summed E-state index contributed by atoms with van der Waals surface area (Å²) in [5.74, 6) is 0.562. The van der Waals surface area contributed by atoms with Gasteiger partial charge in [-0.05, 0) is 38.2 Å². The van der Waals surface area contributed by atoms with Crippen molar-refractivity contribution < 1.29 is 9.66 Å². The average Bonchev–Trinajstić information content (AvgIpc) is 2.42. The molecule has 0 aromatic heterocycles. The Balaban J connectivity index is 2.08. The summed E-state index contributed by atoms with van der Waals surface area (Å²) >= 11 is 0. The van der Waals surface area contributed by atoms with Gasteiger partial charge in [-0.15, -0.1) is 0 Å². The first-order valence-electron chi connectivity index (χ1n) is 6.67. The second kappa shape index (κ2) is 6.02. The number of non-ortho nitro benzene ring substituents is 1. The van der Waals surface area contributed by atoms with Crippen molar-refractivity contribution in [3.8, 4) is 0 Å². The van der Waals surface area contributed by atoms with Gasteiger partial charge < -0.3 is 10.1 Å². The van der Waals surface area contributed by atoms with Crippen LogP contribution in [0.5, 0.6) is 0 Å². The highest BCUT2D eigenvalue weighted by Crippen LogP contribution is 2.26. The molecule has 1 N–H and O–H groups in total. The molecule has 0 saturated carbocycles. The standard InChI is InChI=1S/C14H20N2O3/c1-10-3-4-13(16(17)18)9-14(10)15-11(2)12-5-7-19-8-6-12/h3-4,9,11-12,15H,5-8H2,1-2H3. The van der Waals surface area contributed by atoms with Crippen molar-refractivity contribution in [3.05, 3.63) is 33.9 Å². The third-order valence-electron chi connectivity index (χ3n) is 3.79. The molecule has 1 aliphatic rings. The Labute approximate surface area is 113 Å². The number of nitro groups is 1. The molecule has 1 aromatic carbocycles. The molecular weight excluding hydrogens is 244 g/mol. The molecule has 0 bridgehead atoms. The summed E-state index contributed by atoms with van der Waals surface area (Å²) < 4.78 is 5.36. The third kappa shape index (κ3) is 3.44. The van der Waals surface area contributed by atoms with E-state index in [0.29, 0.717) is 12.0 Å². The number of nitro benzene ring substituents is 1. The minimum atomic E-state index is -0.357. The molecular formula is C14H20N2O3. The van der Waals surface area contributed by atoms with Crippen LogP contribution in [-0.2, 0) is 4.74 Å². The predicted molar refractivity (Wildman–Crippen MR) is 74.5 cm³/mol. The third-order valence-corrected chi connectivity index (χ3v) is 3.79. The number of nitrogens with one attached hydrogen (secondary N) is 1. The van der Waals surface area contributed by atoms with Crippen LogP contribution in [0.1, 0.15) is 25.3 Å². The fourth-order valence-corrected chi connectivity index (χ4v) is 2.46. The number of nitrogens with zero attached hydrogens (tertiary/aromatic N) is 1. The summed E-state index contributed by atoms with van der Waals surface area (Å²) in [4.78, 5) is 10.5. The molecule has 1 unspecified atom stereocenters. The maximum Gasteiger partial charge on any atom is 0.271 e. The van der Waals surface area contributed by atoms with Gasteiger partial charge in [-0.25, -0.2) is 0 Å². The van der Waals surface area contributed by atoms with E-state index in [1.54, 1.807) is 18.2 Å². The van der Waals surface area contributed by atoms with Crippen LogP contribution in [0.15, 0.2) is 18.2 Å². The van der Waals surface area contributed by atoms with Crippen molar-refractivity contribution in [2.24, 2.45) is 5.92 Å². The van der Waals surface area contributed by atoms with Crippen LogP contribution in [0.4, 0.5) is 11.4 Å². The molecule has 1 aromatic rings. The van der Waals surface area contributed by atoms with Gasteiger partial charge in [0.25, 0.3) is 5.69 Å². The Morgan fingerprint density at radius 2 is 2.11 bits per heavy atom. The number of hydrogen-bond donors (Lipinski definition) is 1. The predicted octanol–water partition coefficient (Wildman–Crippen LogP) is 3.13. The van der Waals surface area contributed by atoms with E-state index < -0.39 is 0 Å². The molecule has 5 nitrogen and oxygen atoms in total. The van der Waals surface area contributed by atoms with E-state index in [4.69, 9.17) is 4.74 Å². The lowest BCUT2D eigenvalue weighted by Crippen LogP contribution is -2.31. The Kier molecular flexibility index (Phi) is 4.37. The minimum Gasteiger partial charge on any atom is -0.382 e. The molecule has 0 amide bonds. The van der Waals surface area contributed by atoms with Crippen LogP contribution in [0, 0.1) is 23.0 Å². The summed E-state index contributed by atoms with van der Waals surface area (Å²) in [5, 5.41) is 14.2. The number of rotatable bonds is 4. The SMILES string of the molecule is Cc1ccc([N+](=O)[O-])cc1NC(C)C1CCOCC1. The topological polar surface area (TPSA) is 64.4 Å². The first-order valence-corrected chi connectivity index (χ1v) is 6.67. The van der Waals surface area contributed by atoms with Crippen LogP contribution in [0.25, 0.3) is 0 Å². The zero-order valence-corrected chi connectivity index (χ0v) is 11.4. The zero-order chi connectivity index (χ0) is 13.8. The van der Waals surface area contributed by atoms with Gasteiger partial charge in [-0.1, -0.05) is 6.07 Å². The molecule has 1 heterocycles. The van der Waals surface area contributed by atoms with E-state index in [-0.39, 0.29) is 10.6 Å². The summed E-state index contributed by atoms with van der Waals surface area (Å²) in [6, 6.07) is 5.24. The molecule has 5 heteroatoms. The van der Waals surface area contributed by atoms with Crippen LogP contribution in [0.2, 0.25) is 0 Å². The van der Waals surface area contributed by atoms with Crippen molar-refractivity contribution in [3.63, 3.8) is 0 Å². The lowest BCUT2D eigenvalue weighted by molar-refractivity contribution is -0.384. The summed E-state index contributed by atoms with van der Waals surface area (Å²) in [5.41, 5.74) is 2.02. The van der Waals surface area contributed by atoms with E-state index in [1.807, 2.05) is 6.92 Å². The van der Waals surface area contributed by atoms with Crippen molar-refractivity contribution in [1.82, 2.24) is 0 Å². The largest absolute Gasteiger partial charge is 0.382 e. The van der Waals surface area contributed by atoms with E-state index in [0.717, 1.165) is 37.3 Å². The minimum absolute atomic E-state index is 0.132. The number of hydrogen-bond acceptors (Lipinski definition) is 4. The molecule has 2 rings (SSSR count). The Bertz CT molecular complexity index is 456. The first kappa shape index (κ1) is 13.8. The van der Waals surface area contributed by atoms with Gasteiger partial charge >= 0.3 is 0 Å². The molecule has 1 fully saturated rings. The molecule has 104 valence electrons. The number of ether oxygens (including phenoxy) is 1. The van der Waals surface area contributed by atoms with Gasteiger partial charge in [0.15, 0.2) is 0 Å². The van der Waals surface area contributed by atoms with Crippen molar-refractivity contribution in [2.45, 2.75) is 32.7 Å². The van der Waals surface area contributed by atoms with Gasteiger partial charge in [0.1, 0.15) is 0 Å². The van der Waals surface area contributed by atoms with Crippen molar-refractivity contribution >= 4 is 11.4 Å². The average molecular weight is 264 g/mol.